The first kappa shape index (κ1) is 18.7. The average molecular weight is 426 g/mol. The minimum Gasteiger partial charge on any atom is -0.383 e. The summed E-state index contributed by atoms with van der Waals surface area (Å²) in [7, 11) is -1.62. The molecule has 3 aromatic rings. The van der Waals surface area contributed by atoms with Crippen LogP contribution in [0.2, 0.25) is 10.0 Å². The average Bonchev–Trinajstić information content (AvgIpc) is 3.14. The number of halogens is 5. The summed E-state index contributed by atoms with van der Waals surface area (Å²) in [6, 6.07) is 1.39. The quantitative estimate of drug-likeness (QED) is 0.688. The lowest BCUT2D eigenvalue weighted by Gasteiger charge is -2.13. The minimum absolute atomic E-state index is 0.000179. The number of alkyl halides is 3. The molecule has 138 valence electrons. The van der Waals surface area contributed by atoms with Gasteiger partial charge in [-0.05, 0) is 12.1 Å². The van der Waals surface area contributed by atoms with Gasteiger partial charge in [0.15, 0.2) is 5.69 Å². The molecule has 0 fully saturated rings. The van der Waals surface area contributed by atoms with E-state index in [0.29, 0.717) is 12.1 Å². The van der Waals surface area contributed by atoms with Crippen molar-refractivity contribution in [2.75, 3.05) is 12.0 Å². The fourth-order valence-electron chi connectivity index (χ4n) is 2.22. The number of nitrogens with two attached hydrogens (primary N) is 1. The van der Waals surface area contributed by atoms with Crippen LogP contribution in [0.1, 0.15) is 5.56 Å². The van der Waals surface area contributed by atoms with Gasteiger partial charge in [0, 0.05) is 6.26 Å². The molecule has 0 spiro atoms. The van der Waals surface area contributed by atoms with E-state index in [2.05, 4.69) is 19.8 Å². The van der Waals surface area contributed by atoms with Gasteiger partial charge in [-0.25, -0.2) is 4.68 Å². The van der Waals surface area contributed by atoms with Crippen LogP contribution in [-0.2, 0) is 17.0 Å². The highest BCUT2D eigenvalue weighted by Gasteiger charge is 2.33. The van der Waals surface area contributed by atoms with Crippen molar-refractivity contribution >= 4 is 39.8 Å². The van der Waals surface area contributed by atoms with E-state index in [9.17, 15) is 17.4 Å². The van der Waals surface area contributed by atoms with Gasteiger partial charge in [-0.3, -0.25) is 4.21 Å². The summed E-state index contributed by atoms with van der Waals surface area (Å²) in [5.41, 5.74) is 4.89. The van der Waals surface area contributed by atoms with Crippen LogP contribution in [0.4, 0.5) is 19.0 Å². The summed E-state index contributed by atoms with van der Waals surface area (Å²) in [5, 5.41) is 7.04. The highest BCUT2D eigenvalue weighted by molar-refractivity contribution is 7.84. The fourth-order valence-corrected chi connectivity index (χ4v) is 3.66. The molecule has 2 N–H and O–H groups in total. The number of hydrogen-bond acceptors (Lipinski definition) is 6. The molecule has 7 nitrogen and oxygen atoms in total. The Morgan fingerprint density at radius 2 is 1.88 bits per heavy atom. The Labute approximate surface area is 156 Å². The van der Waals surface area contributed by atoms with Gasteiger partial charge in [-0.1, -0.05) is 28.4 Å². The smallest absolute Gasteiger partial charge is 0.383 e. The van der Waals surface area contributed by atoms with Crippen LogP contribution in [0.15, 0.2) is 27.9 Å². The molecule has 0 saturated carbocycles. The molecule has 2 heterocycles. The molecule has 26 heavy (non-hydrogen) atoms. The minimum atomic E-state index is -4.63. The van der Waals surface area contributed by atoms with Crippen LogP contribution in [0, 0.1) is 0 Å². The third-order valence-electron chi connectivity index (χ3n) is 3.29. The van der Waals surface area contributed by atoms with Crippen LogP contribution in [0.5, 0.6) is 0 Å². The molecule has 0 aliphatic carbocycles. The van der Waals surface area contributed by atoms with Gasteiger partial charge >= 0.3 is 6.18 Å². The van der Waals surface area contributed by atoms with Gasteiger partial charge in [0.2, 0.25) is 12.2 Å². The number of nitrogen functional groups attached to an aromatic ring is 1. The maximum absolute atomic E-state index is 12.9. The first-order valence-corrected chi connectivity index (χ1v) is 8.98. The summed E-state index contributed by atoms with van der Waals surface area (Å²) >= 11 is 12.0. The van der Waals surface area contributed by atoms with Gasteiger partial charge in [0.25, 0.3) is 0 Å². The fraction of sp³-hybridized carbons (Fsp3) is 0.154. The number of nitrogens with zero attached hydrogens (tertiary/aromatic N) is 4. The largest absolute Gasteiger partial charge is 0.416 e. The SMILES string of the molecule is CS(=O)c1c(-c2ncon2)nn(-c2c(Cl)cc(C(F)(F)F)cc2Cl)c1N. The Morgan fingerprint density at radius 3 is 2.35 bits per heavy atom. The molecule has 0 amide bonds. The van der Waals surface area contributed by atoms with Gasteiger partial charge < -0.3 is 10.3 Å². The van der Waals surface area contributed by atoms with Crippen molar-refractivity contribution in [2.45, 2.75) is 11.1 Å². The van der Waals surface area contributed by atoms with Crippen LogP contribution in [0.25, 0.3) is 17.2 Å². The van der Waals surface area contributed by atoms with Gasteiger partial charge in [0.05, 0.1) is 26.4 Å². The number of hydrogen-bond donors (Lipinski definition) is 1. The van der Waals surface area contributed by atoms with Gasteiger partial charge in [-0.15, -0.1) is 0 Å². The standard InChI is InChI=1S/C13H8Cl2F3N5O2S/c1-26(24)10-8(12-20-4-25-22-12)21-23(11(10)19)9-6(14)2-5(3-7(9)15)13(16,17)18/h2-4H,19H2,1H3. The Bertz CT molecular complexity index is 981. The van der Waals surface area contributed by atoms with E-state index in [-0.39, 0.29) is 38.0 Å². The van der Waals surface area contributed by atoms with E-state index in [1.807, 2.05) is 0 Å². The van der Waals surface area contributed by atoms with E-state index in [0.717, 1.165) is 11.1 Å². The highest BCUT2D eigenvalue weighted by atomic mass is 35.5. The zero-order valence-electron chi connectivity index (χ0n) is 12.7. The lowest BCUT2D eigenvalue weighted by Crippen LogP contribution is -2.09. The third-order valence-corrected chi connectivity index (χ3v) is 4.85. The molecule has 0 saturated heterocycles. The van der Waals surface area contributed by atoms with Crippen LogP contribution >= 0.6 is 23.2 Å². The summed E-state index contributed by atoms with van der Waals surface area (Å²) in [6.07, 6.45) is -2.25. The van der Waals surface area contributed by atoms with Gasteiger partial charge in [0.1, 0.15) is 16.4 Å². The second-order valence-corrected chi connectivity index (χ2v) is 7.10. The predicted molar refractivity (Wildman–Crippen MR) is 88.6 cm³/mol. The molecule has 1 unspecified atom stereocenters. The molecule has 1 aromatic carbocycles. The summed E-state index contributed by atoms with van der Waals surface area (Å²) in [5.74, 6) is -0.131. The number of aromatic nitrogens is 4. The maximum atomic E-state index is 12.9. The molecule has 1 atom stereocenters. The van der Waals surface area contributed by atoms with E-state index >= 15 is 0 Å². The molecule has 13 heteroatoms. The van der Waals surface area contributed by atoms with E-state index in [4.69, 9.17) is 28.9 Å². The second kappa shape index (κ2) is 6.56. The van der Waals surface area contributed by atoms with E-state index in [1.165, 1.54) is 6.26 Å². The predicted octanol–water partition coefficient (Wildman–Crippen LogP) is 3.57. The molecule has 0 aliphatic heterocycles. The van der Waals surface area contributed by atoms with Crippen molar-refractivity contribution in [3.8, 4) is 17.2 Å². The maximum Gasteiger partial charge on any atom is 0.416 e. The number of anilines is 1. The molecular formula is C13H8Cl2F3N5O2S. The van der Waals surface area contributed by atoms with Crippen molar-refractivity contribution < 1.29 is 21.9 Å². The lowest BCUT2D eigenvalue weighted by atomic mass is 10.2. The van der Waals surface area contributed by atoms with E-state index < -0.39 is 22.5 Å². The first-order chi connectivity index (χ1) is 12.1. The zero-order chi connectivity index (χ0) is 19.2. The molecular weight excluding hydrogens is 418 g/mol. The Kier molecular flexibility index (Phi) is 4.71. The van der Waals surface area contributed by atoms with E-state index in [1.54, 1.807) is 0 Å². The van der Waals surface area contributed by atoms with Crippen molar-refractivity contribution in [1.82, 2.24) is 19.9 Å². The molecule has 2 aromatic heterocycles. The van der Waals surface area contributed by atoms with Crippen LogP contribution in [0.3, 0.4) is 0 Å². The van der Waals surface area contributed by atoms with Crippen LogP contribution < -0.4 is 5.73 Å². The Balaban J connectivity index is 2.26. The summed E-state index contributed by atoms with van der Waals surface area (Å²) in [4.78, 5) is 3.88. The Hall–Kier alpha value is -2.11. The monoisotopic (exact) mass is 425 g/mol. The first-order valence-electron chi connectivity index (χ1n) is 6.66. The van der Waals surface area contributed by atoms with Crippen LogP contribution in [-0.4, -0.2) is 30.4 Å². The summed E-state index contributed by atoms with van der Waals surface area (Å²) in [6.45, 7) is 0. The van der Waals surface area contributed by atoms with Crippen molar-refractivity contribution in [3.63, 3.8) is 0 Å². The van der Waals surface area contributed by atoms with Crippen molar-refractivity contribution in [3.05, 3.63) is 34.1 Å². The second-order valence-electron chi connectivity index (χ2n) is 4.97. The zero-order valence-corrected chi connectivity index (χ0v) is 15.0. The third kappa shape index (κ3) is 3.17. The lowest BCUT2D eigenvalue weighted by molar-refractivity contribution is -0.137. The topological polar surface area (TPSA) is 99.8 Å². The van der Waals surface area contributed by atoms with Crippen molar-refractivity contribution in [1.29, 1.82) is 0 Å². The van der Waals surface area contributed by atoms with Gasteiger partial charge in [-0.2, -0.15) is 23.3 Å². The Morgan fingerprint density at radius 1 is 1.27 bits per heavy atom. The summed E-state index contributed by atoms with van der Waals surface area (Å²) < 4.78 is 56.4. The number of benzene rings is 1. The molecule has 0 aliphatic rings. The number of rotatable bonds is 3. The highest BCUT2D eigenvalue weighted by Crippen LogP contribution is 2.39. The molecule has 0 radical (unpaired) electrons. The normalized spacial score (nSPS) is 13.2. The van der Waals surface area contributed by atoms with Crippen molar-refractivity contribution in [2.24, 2.45) is 0 Å². The molecule has 3 rings (SSSR count). The molecule has 0 bridgehead atoms.